The van der Waals surface area contributed by atoms with E-state index < -0.39 is 40.8 Å². The summed E-state index contributed by atoms with van der Waals surface area (Å²) in [5, 5.41) is 14.0. The van der Waals surface area contributed by atoms with E-state index in [9.17, 15) is 14.7 Å². The van der Waals surface area contributed by atoms with E-state index in [1.54, 1.807) is 37.3 Å². The van der Waals surface area contributed by atoms with Crippen LogP contribution < -0.4 is 10.1 Å². The largest absolute Gasteiger partial charge is 0.425 e. The van der Waals surface area contributed by atoms with E-state index in [1.807, 2.05) is 0 Å². The number of ether oxygens (including phenoxy) is 1. The Morgan fingerprint density at radius 2 is 1.92 bits per heavy atom. The van der Waals surface area contributed by atoms with E-state index in [0.29, 0.717) is 35.6 Å². The SMILES string of the molecule is CC(C)(C)C[C@H]1N[C@@H](C(=O)CC2CC(C)(O)C2)[C@H](c2cccc(Cl)c2F)[C@@]12C(=O)Oc1cc(Cl)ccc12. The minimum absolute atomic E-state index is 0.0356. The van der Waals surface area contributed by atoms with Crippen LogP contribution >= 0.6 is 23.2 Å². The molecule has 1 spiro atoms. The number of hydrogen-bond donors (Lipinski definition) is 2. The van der Waals surface area contributed by atoms with Crippen molar-refractivity contribution in [3.8, 4) is 5.75 Å². The lowest BCUT2D eigenvalue weighted by atomic mass is 9.62. The second-order valence-corrected chi connectivity index (χ2v) is 13.3. The number of carbonyl (C=O) groups is 2. The molecule has 2 heterocycles. The van der Waals surface area contributed by atoms with E-state index in [2.05, 4.69) is 26.1 Å². The van der Waals surface area contributed by atoms with E-state index >= 15 is 4.39 Å². The second kappa shape index (κ2) is 9.04. The van der Waals surface area contributed by atoms with Gasteiger partial charge < -0.3 is 15.2 Å². The maximum Gasteiger partial charge on any atom is 0.324 e. The van der Waals surface area contributed by atoms with Crippen molar-refractivity contribution in [3.63, 3.8) is 0 Å². The molecule has 2 fully saturated rings. The third-order valence-electron chi connectivity index (χ3n) is 8.11. The van der Waals surface area contributed by atoms with Gasteiger partial charge in [0.15, 0.2) is 5.78 Å². The first-order valence-corrected chi connectivity index (χ1v) is 13.5. The van der Waals surface area contributed by atoms with Crippen LogP contribution in [0, 0.1) is 17.2 Å². The summed E-state index contributed by atoms with van der Waals surface area (Å²) in [5.74, 6) is -1.82. The average Bonchev–Trinajstić information content (AvgIpc) is 3.23. The van der Waals surface area contributed by atoms with Gasteiger partial charge in [-0.05, 0) is 61.3 Å². The Morgan fingerprint density at radius 1 is 1.22 bits per heavy atom. The fourth-order valence-corrected chi connectivity index (χ4v) is 7.15. The van der Waals surface area contributed by atoms with Gasteiger partial charge in [-0.15, -0.1) is 0 Å². The Bertz CT molecular complexity index is 1270. The number of nitrogens with one attached hydrogen (secondary N) is 1. The molecule has 2 N–H and O–H groups in total. The van der Waals surface area contributed by atoms with Gasteiger partial charge in [0.05, 0.1) is 16.7 Å². The van der Waals surface area contributed by atoms with Crippen molar-refractivity contribution in [3.05, 3.63) is 63.4 Å². The molecule has 8 heteroatoms. The molecule has 198 valence electrons. The fourth-order valence-electron chi connectivity index (χ4n) is 6.80. The van der Waals surface area contributed by atoms with Crippen molar-refractivity contribution in [2.45, 2.75) is 82.4 Å². The molecule has 37 heavy (non-hydrogen) atoms. The van der Waals surface area contributed by atoms with Gasteiger partial charge in [0.1, 0.15) is 17.0 Å². The molecular weight excluding hydrogens is 516 g/mol. The first-order valence-electron chi connectivity index (χ1n) is 12.7. The molecule has 5 rings (SSSR count). The predicted octanol–water partition coefficient (Wildman–Crippen LogP) is 5.97. The number of carbonyl (C=O) groups excluding carboxylic acids is 2. The normalized spacial score (nSPS) is 32.8. The van der Waals surface area contributed by atoms with Crippen LogP contribution in [-0.4, -0.2) is 34.5 Å². The van der Waals surface area contributed by atoms with Gasteiger partial charge in [-0.3, -0.25) is 9.59 Å². The number of ketones is 1. The van der Waals surface area contributed by atoms with Crippen LogP contribution in [0.4, 0.5) is 4.39 Å². The number of rotatable bonds is 5. The lowest BCUT2D eigenvalue weighted by Crippen LogP contribution is -2.49. The van der Waals surface area contributed by atoms with E-state index in [4.69, 9.17) is 27.9 Å². The molecular formula is C29H32Cl2FNO4. The standard InChI is InChI=1S/C29H32Cl2FNO4/c1-27(2,3)14-22-29(18-9-8-16(30)11-21(18)37-26(29)35)23(17-6-5-7-19(31)24(17)32)25(33-22)20(34)10-15-12-28(4,36)13-15/h5-9,11,15,22-23,25,33,36H,10,12-14H2,1-4H3/t15?,22-,23+,25+,28?,29+/m1/s1. The predicted molar refractivity (Wildman–Crippen MR) is 141 cm³/mol. The molecule has 3 aliphatic rings. The smallest absolute Gasteiger partial charge is 0.324 e. The van der Waals surface area contributed by atoms with Crippen LogP contribution in [0.25, 0.3) is 0 Å². The van der Waals surface area contributed by atoms with Gasteiger partial charge in [0.2, 0.25) is 0 Å². The van der Waals surface area contributed by atoms with Crippen molar-refractivity contribution in [2.75, 3.05) is 0 Å². The number of hydrogen-bond acceptors (Lipinski definition) is 5. The summed E-state index contributed by atoms with van der Waals surface area (Å²) in [4.78, 5) is 27.9. The zero-order valence-electron chi connectivity index (χ0n) is 21.4. The van der Waals surface area contributed by atoms with E-state index in [1.165, 1.54) is 6.07 Å². The molecule has 2 aromatic rings. The highest BCUT2D eigenvalue weighted by Crippen LogP contribution is 2.58. The number of esters is 1. The van der Waals surface area contributed by atoms with E-state index in [0.717, 1.165) is 0 Å². The molecule has 5 nitrogen and oxygen atoms in total. The van der Waals surface area contributed by atoms with Gasteiger partial charge in [-0.2, -0.15) is 0 Å². The maximum atomic E-state index is 15.7. The Hall–Kier alpha value is -1.99. The van der Waals surface area contributed by atoms with Gasteiger partial charge >= 0.3 is 5.97 Å². The molecule has 1 aliphatic carbocycles. The first-order chi connectivity index (χ1) is 17.2. The summed E-state index contributed by atoms with van der Waals surface area (Å²) in [6.45, 7) is 7.95. The van der Waals surface area contributed by atoms with Crippen LogP contribution in [0.1, 0.15) is 70.4 Å². The minimum atomic E-state index is -1.36. The number of fused-ring (bicyclic) bond motifs is 2. The molecule has 0 amide bonds. The van der Waals surface area contributed by atoms with Crippen LogP contribution in [0.15, 0.2) is 36.4 Å². The molecule has 4 atom stereocenters. The highest BCUT2D eigenvalue weighted by atomic mass is 35.5. The van der Waals surface area contributed by atoms with Crippen molar-refractivity contribution < 1.29 is 23.8 Å². The third-order valence-corrected chi connectivity index (χ3v) is 8.64. The third kappa shape index (κ3) is 4.50. The van der Waals surface area contributed by atoms with Crippen molar-refractivity contribution in [1.82, 2.24) is 5.32 Å². The Balaban J connectivity index is 1.69. The summed E-state index contributed by atoms with van der Waals surface area (Å²) < 4.78 is 21.5. The van der Waals surface area contributed by atoms with Crippen molar-refractivity contribution in [1.29, 1.82) is 0 Å². The van der Waals surface area contributed by atoms with Crippen molar-refractivity contribution >= 4 is 35.0 Å². The molecule has 1 saturated carbocycles. The van der Waals surface area contributed by atoms with Gasteiger partial charge in [0.25, 0.3) is 0 Å². The van der Waals surface area contributed by atoms with Gasteiger partial charge in [-0.1, -0.05) is 62.2 Å². The fraction of sp³-hybridized carbons (Fsp3) is 0.517. The van der Waals surface area contributed by atoms with Crippen LogP contribution in [0.2, 0.25) is 10.0 Å². The molecule has 0 aromatic heterocycles. The van der Waals surface area contributed by atoms with Crippen molar-refractivity contribution in [2.24, 2.45) is 11.3 Å². The topological polar surface area (TPSA) is 75.6 Å². The Kier molecular flexibility index (Phi) is 6.51. The van der Waals surface area contributed by atoms with Gasteiger partial charge in [-0.25, -0.2) is 4.39 Å². The number of Topliss-reactive ketones (excluding diaryl/α,β-unsaturated/α-hetero) is 1. The zero-order valence-corrected chi connectivity index (χ0v) is 22.9. The summed E-state index contributed by atoms with van der Waals surface area (Å²) in [5.41, 5.74) is -1.55. The van der Waals surface area contributed by atoms with Crippen LogP contribution in [-0.2, 0) is 15.0 Å². The average molecular weight is 548 g/mol. The maximum absolute atomic E-state index is 15.7. The number of aliphatic hydroxyl groups is 1. The monoisotopic (exact) mass is 547 g/mol. The number of benzene rings is 2. The summed E-state index contributed by atoms with van der Waals surface area (Å²) >= 11 is 12.5. The van der Waals surface area contributed by atoms with Gasteiger partial charge in [0, 0.05) is 29.0 Å². The second-order valence-electron chi connectivity index (χ2n) is 12.4. The highest BCUT2D eigenvalue weighted by Gasteiger charge is 2.67. The lowest BCUT2D eigenvalue weighted by Gasteiger charge is -2.41. The first kappa shape index (κ1) is 26.6. The van der Waals surface area contributed by atoms with E-state index in [-0.39, 0.29) is 34.1 Å². The Morgan fingerprint density at radius 3 is 2.57 bits per heavy atom. The van der Waals surface area contributed by atoms with Crippen LogP contribution in [0.5, 0.6) is 5.75 Å². The summed E-state index contributed by atoms with van der Waals surface area (Å²) in [6, 6.07) is 8.37. The molecule has 2 aromatic carbocycles. The molecule has 2 aliphatic heterocycles. The molecule has 1 saturated heterocycles. The molecule has 0 radical (unpaired) electrons. The zero-order chi connectivity index (χ0) is 26.9. The Labute approximate surface area is 226 Å². The highest BCUT2D eigenvalue weighted by molar-refractivity contribution is 6.31. The molecule has 0 bridgehead atoms. The quantitative estimate of drug-likeness (QED) is 0.356. The summed E-state index contributed by atoms with van der Waals surface area (Å²) in [6.07, 6.45) is 1.82. The minimum Gasteiger partial charge on any atom is -0.425 e. The molecule has 0 unspecified atom stereocenters. The number of halogens is 3. The van der Waals surface area contributed by atoms with Crippen LogP contribution in [0.3, 0.4) is 0 Å². The lowest BCUT2D eigenvalue weighted by molar-refractivity contribution is -0.139. The summed E-state index contributed by atoms with van der Waals surface area (Å²) in [7, 11) is 0.